The molecule has 17 heavy (non-hydrogen) atoms. The molecule has 0 bridgehead atoms. The third-order valence-electron chi connectivity index (χ3n) is 1.91. The largest absolute Gasteiger partial charge is 0.878 e. The Bertz CT molecular complexity index is 426. The van der Waals surface area contributed by atoms with Crippen LogP contribution in [0.15, 0.2) is 35.5 Å². The SMILES string of the molecule is CC(C=C[O-])=NC(N)Nc1c(Cl)cccc1Cl. The average molecular weight is 273 g/mol. The van der Waals surface area contributed by atoms with Crippen molar-refractivity contribution in [3.05, 3.63) is 40.6 Å². The Kier molecular flexibility index (Phi) is 5.28. The van der Waals surface area contributed by atoms with Gasteiger partial charge in [-0.3, -0.25) is 10.7 Å². The highest BCUT2D eigenvalue weighted by Gasteiger charge is 2.07. The summed E-state index contributed by atoms with van der Waals surface area (Å²) >= 11 is 11.9. The first kappa shape index (κ1) is 13.8. The van der Waals surface area contributed by atoms with Crippen molar-refractivity contribution in [1.82, 2.24) is 0 Å². The van der Waals surface area contributed by atoms with Gasteiger partial charge in [0.2, 0.25) is 0 Å². The monoisotopic (exact) mass is 272 g/mol. The second-order valence-corrected chi connectivity index (χ2v) is 4.07. The first-order chi connectivity index (χ1) is 8.04. The van der Waals surface area contributed by atoms with Gasteiger partial charge in [-0.1, -0.05) is 35.3 Å². The molecule has 0 heterocycles. The van der Waals surface area contributed by atoms with E-state index in [4.69, 9.17) is 28.9 Å². The predicted molar refractivity (Wildman–Crippen MR) is 70.3 cm³/mol. The smallest absolute Gasteiger partial charge is 0.171 e. The Balaban J connectivity index is 2.81. The summed E-state index contributed by atoms with van der Waals surface area (Å²) in [4.78, 5) is 4.02. The van der Waals surface area contributed by atoms with E-state index in [1.54, 1.807) is 25.1 Å². The van der Waals surface area contributed by atoms with Crippen LogP contribution in [-0.4, -0.2) is 12.0 Å². The number of nitrogens with zero attached hydrogens (tertiary/aromatic N) is 1. The lowest BCUT2D eigenvalue weighted by molar-refractivity contribution is -0.274. The molecule has 1 unspecified atom stereocenters. The van der Waals surface area contributed by atoms with Crippen LogP contribution in [0.25, 0.3) is 0 Å². The molecule has 0 aliphatic heterocycles. The summed E-state index contributed by atoms with van der Waals surface area (Å²) < 4.78 is 0. The van der Waals surface area contributed by atoms with Gasteiger partial charge in [-0.05, 0) is 19.1 Å². The second-order valence-electron chi connectivity index (χ2n) is 3.26. The first-order valence-corrected chi connectivity index (χ1v) is 5.59. The van der Waals surface area contributed by atoms with Crippen LogP contribution < -0.4 is 16.2 Å². The minimum absolute atomic E-state index is 0.458. The molecule has 1 aromatic rings. The number of para-hydroxylation sites is 1. The van der Waals surface area contributed by atoms with Crippen LogP contribution in [0.1, 0.15) is 6.92 Å². The fourth-order valence-electron chi connectivity index (χ4n) is 1.18. The lowest BCUT2D eigenvalue weighted by atomic mass is 10.3. The number of hydrogen-bond acceptors (Lipinski definition) is 4. The van der Waals surface area contributed by atoms with E-state index in [9.17, 15) is 5.11 Å². The van der Waals surface area contributed by atoms with Crippen LogP contribution in [0.3, 0.4) is 0 Å². The lowest BCUT2D eigenvalue weighted by Crippen LogP contribution is -2.28. The number of halogens is 2. The van der Waals surface area contributed by atoms with Gasteiger partial charge in [0.05, 0.1) is 15.7 Å². The highest BCUT2D eigenvalue weighted by atomic mass is 35.5. The van der Waals surface area contributed by atoms with Gasteiger partial charge in [0.1, 0.15) is 0 Å². The van der Waals surface area contributed by atoms with Crippen molar-refractivity contribution in [1.29, 1.82) is 0 Å². The van der Waals surface area contributed by atoms with E-state index < -0.39 is 6.29 Å². The van der Waals surface area contributed by atoms with E-state index in [-0.39, 0.29) is 0 Å². The maximum atomic E-state index is 10.2. The molecule has 92 valence electrons. The van der Waals surface area contributed by atoms with Crippen LogP contribution in [0.2, 0.25) is 10.0 Å². The van der Waals surface area contributed by atoms with Crippen molar-refractivity contribution >= 4 is 34.6 Å². The molecule has 0 aliphatic rings. The number of allylic oxidation sites excluding steroid dienone is 1. The quantitative estimate of drug-likeness (QED) is 0.500. The molecule has 0 amide bonds. The minimum Gasteiger partial charge on any atom is -0.878 e. The highest BCUT2D eigenvalue weighted by Crippen LogP contribution is 2.29. The summed E-state index contributed by atoms with van der Waals surface area (Å²) in [6, 6.07) is 5.11. The maximum absolute atomic E-state index is 10.2. The Labute approximate surface area is 110 Å². The van der Waals surface area contributed by atoms with Crippen molar-refractivity contribution in [2.45, 2.75) is 13.2 Å². The summed E-state index contributed by atoms with van der Waals surface area (Å²) in [7, 11) is 0. The highest BCUT2D eigenvalue weighted by molar-refractivity contribution is 6.39. The van der Waals surface area contributed by atoms with E-state index in [1.807, 2.05) is 0 Å². The Morgan fingerprint density at radius 1 is 1.47 bits per heavy atom. The molecule has 0 fully saturated rings. The number of nitrogens with one attached hydrogen (secondary N) is 1. The lowest BCUT2D eigenvalue weighted by Gasteiger charge is -2.14. The van der Waals surface area contributed by atoms with Crippen molar-refractivity contribution in [3.8, 4) is 0 Å². The zero-order chi connectivity index (χ0) is 12.8. The van der Waals surface area contributed by atoms with Crippen LogP contribution >= 0.6 is 23.2 Å². The van der Waals surface area contributed by atoms with Gasteiger partial charge in [0.15, 0.2) is 6.29 Å². The van der Waals surface area contributed by atoms with Crippen molar-refractivity contribution < 1.29 is 5.11 Å². The molecule has 1 atom stereocenters. The Morgan fingerprint density at radius 3 is 2.59 bits per heavy atom. The third-order valence-corrected chi connectivity index (χ3v) is 2.54. The molecule has 6 heteroatoms. The van der Waals surface area contributed by atoms with E-state index in [1.165, 1.54) is 6.08 Å². The summed E-state index contributed by atoms with van der Waals surface area (Å²) in [5.41, 5.74) is 6.76. The van der Waals surface area contributed by atoms with Gasteiger partial charge in [-0.15, -0.1) is 6.26 Å². The fraction of sp³-hybridized carbons (Fsp3) is 0.182. The Morgan fingerprint density at radius 2 is 2.06 bits per heavy atom. The molecular formula is C11H12Cl2N3O-. The minimum atomic E-state index is -0.719. The van der Waals surface area contributed by atoms with Gasteiger partial charge >= 0.3 is 0 Å². The number of hydrogen-bond donors (Lipinski definition) is 2. The molecule has 1 aromatic carbocycles. The number of nitrogens with two attached hydrogens (primary N) is 1. The van der Waals surface area contributed by atoms with Crippen LogP contribution in [0.5, 0.6) is 0 Å². The molecule has 0 saturated heterocycles. The van der Waals surface area contributed by atoms with Gasteiger partial charge < -0.3 is 10.4 Å². The zero-order valence-electron chi connectivity index (χ0n) is 9.15. The number of anilines is 1. The summed E-state index contributed by atoms with van der Waals surface area (Å²) in [5, 5.41) is 14.0. The fourth-order valence-corrected chi connectivity index (χ4v) is 1.68. The van der Waals surface area contributed by atoms with E-state index in [2.05, 4.69) is 10.3 Å². The predicted octanol–water partition coefficient (Wildman–Crippen LogP) is 1.98. The van der Waals surface area contributed by atoms with Crippen molar-refractivity contribution in [2.75, 3.05) is 5.32 Å². The summed E-state index contributed by atoms with van der Waals surface area (Å²) in [5.74, 6) is 0. The molecule has 0 saturated carbocycles. The summed E-state index contributed by atoms with van der Waals surface area (Å²) in [6.07, 6.45) is 1.24. The van der Waals surface area contributed by atoms with Crippen LogP contribution in [0.4, 0.5) is 5.69 Å². The van der Waals surface area contributed by atoms with Gasteiger partial charge in [-0.2, -0.15) is 0 Å². The molecule has 0 aliphatic carbocycles. The van der Waals surface area contributed by atoms with Crippen molar-refractivity contribution in [2.24, 2.45) is 10.7 Å². The van der Waals surface area contributed by atoms with Crippen LogP contribution in [0, 0.1) is 0 Å². The molecular weight excluding hydrogens is 261 g/mol. The molecule has 0 aromatic heterocycles. The number of benzene rings is 1. The van der Waals surface area contributed by atoms with E-state index in [0.29, 0.717) is 27.7 Å². The topological polar surface area (TPSA) is 73.5 Å². The maximum Gasteiger partial charge on any atom is 0.171 e. The van der Waals surface area contributed by atoms with Gasteiger partial charge in [0, 0.05) is 5.71 Å². The molecule has 3 N–H and O–H groups in total. The van der Waals surface area contributed by atoms with E-state index in [0.717, 1.165) is 0 Å². The Hall–Kier alpha value is -1.23. The van der Waals surface area contributed by atoms with Crippen molar-refractivity contribution in [3.63, 3.8) is 0 Å². The average Bonchev–Trinajstić information content (AvgIpc) is 2.24. The standard InChI is InChI=1S/C11H13Cl2N3O/c1-7(5-6-17)15-11(14)16-10-8(12)3-2-4-9(10)13/h2-6,11,16-17H,14H2,1H3/p-1. The zero-order valence-corrected chi connectivity index (χ0v) is 10.7. The molecule has 4 nitrogen and oxygen atoms in total. The third kappa shape index (κ3) is 4.26. The van der Waals surface area contributed by atoms with Gasteiger partial charge in [0.25, 0.3) is 0 Å². The number of rotatable bonds is 4. The summed E-state index contributed by atoms with van der Waals surface area (Å²) in [6.45, 7) is 1.67. The molecule has 0 radical (unpaired) electrons. The normalized spacial score (nSPS) is 14.0. The second kappa shape index (κ2) is 6.49. The van der Waals surface area contributed by atoms with Gasteiger partial charge in [-0.25, -0.2) is 0 Å². The molecule has 0 spiro atoms. The number of aliphatic imine (C=N–C) groups is 1. The van der Waals surface area contributed by atoms with Crippen LogP contribution in [-0.2, 0) is 0 Å². The first-order valence-electron chi connectivity index (χ1n) is 4.83. The van der Waals surface area contributed by atoms with E-state index >= 15 is 0 Å². The molecule has 1 rings (SSSR count).